The van der Waals surface area contributed by atoms with Crippen LogP contribution in [0, 0.1) is 0 Å². The van der Waals surface area contributed by atoms with Crippen molar-refractivity contribution in [3.63, 3.8) is 0 Å². The van der Waals surface area contributed by atoms with Crippen molar-refractivity contribution in [2.45, 2.75) is 34.6 Å². The average Bonchev–Trinajstić information content (AvgIpc) is 2.08. The predicted molar refractivity (Wildman–Crippen MR) is 51.9 cm³/mol. The molecule has 0 aliphatic carbocycles. The van der Waals surface area contributed by atoms with Crippen LogP contribution in [0.4, 0.5) is 0 Å². The van der Waals surface area contributed by atoms with Gasteiger partial charge in [-0.3, -0.25) is 0 Å². The topological polar surface area (TPSA) is 12.4 Å². The third kappa shape index (κ3) is 153. The van der Waals surface area contributed by atoms with Gasteiger partial charge in [0.2, 0.25) is 0 Å². The van der Waals surface area contributed by atoms with Crippen molar-refractivity contribution in [3.8, 4) is 0 Å². The van der Waals surface area contributed by atoms with E-state index in [0.717, 1.165) is 0 Å². The molecule has 0 rings (SSSR count). The van der Waals surface area contributed by atoms with E-state index in [1.807, 2.05) is 46.8 Å². The molecule has 10 heavy (non-hydrogen) atoms. The molecule has 0 saturated heterocycles. The molecule has 0 amide bonds. The molecule has 0 N–H and O–H groups in total. The highest BCUT2D eigenvalue weighted by atomic mass is 14.6. The normalized spacial score (nSPS) is 8.20. The van der Waals surface area contributed by atoms with Gasteiger partial charge in [-0.25, -0.2) is 0 Å². The van der Waals surface area contributed by atoms with Crippen LogP contribution in [0.3, 0.4) is 0 Å². The fraction of sp³-hybridized carbons (Fsp3) is 0.667. The maximum absolute atomic E-state index is 3.61. The lowest BCUT2D eigenvalue weighted by Crippen LogP contribution is -1.47. The number of aliphatic imine (C=N–C) groups is 1. The van der Waals surface area contributed by atoms with Gasteiger partial charge in [0.25, 0.3) is 0 Å². The minimum atomic E-state index is 1.75. The van der Waals surface area contributed by atoms with Crippen molar-refractivity contribution in [1.82, 2.24) is 0 Å². The third-order valence-electron chi connectivity index (χ3n) is 0.592. The Morgan fingerprint density at radius 3 is 1.10 bits per heavy atom. The molecule has 0 spiro atoms. The molecular weight excluding hydrogens is 122 g/mol. The van der Waals surface area contributed by atoms with E-state index in [1.54, 1.807) is 13.3 Å². The van der Waals surface area contributed by atoms with Crippen molar-refractivity contribution in [2.24, 2.45) is 4.99 Å². The Labute approximate surface area is 65.9 Å². The number of nitrogens with zero attached hydrogens (tertiary/aromatic N) is 1. The summed E-state index contributed by atoms with van der Waals surface area (Å²) in [5, 5.41) is 0. The van der Waals surface area contributed by atoms with Gasteiger partial charge in [-0.05, 0) is 27.0 Å². The maximum Gasteiger partial charge on any atom is 0.0273 e. The van der Waals surface area contributed by atoms with Crippen molar-refractivity contribution in [2.75, 3.05) is 7.05 Å². The van der Waals surface area contributed by atoms with Crippen molar-refractivity contribution >= 4 is 6.21 Å². The largest absolute Gasteiger partial charge is 0.301 e. The van der Waals surface area contributed by atoms with E-state index in [1.165, 1.54) is 0 Å². The molecule has 0 radical (unpaired) electrons. The van der Waals surface area contributed by atoms with Crippen LogP contribution < -0.4 is 0 Å². The van der Waals surface area contributed by atoms with Crippen LogP contribution >= 0.6 is 0 Å². The van der Waals surface area contributed by atoms with Crippen molar-refractivity contribution in [1.29, 1.82) is 0 Å². The Bertz CT molecular complexity index is 45.1. The molecule has 0 atom stereocenters. The Morgan fingerprint density at radius 2 is 1.10 bits per heavy atom. The minimum Gasteiger partial charge on any atom is -0.301 e. The fourth-order valence-electron chi connectivity index (χ4n) is 0. The summed E-state index contributed by atoms with van der Waals surface area (Å²) in [6.07, 6.45) is 5.75. The number of hydrogen-bond donors (Lipinski definition) is 0. The number of hydrogen-bond acceptors (Lipinski definition) is 1. The molecule has 0 aromatic rings. The first-order chi connectivity index (χ1) is 4.83. The van der Waals surface area contributed by atoms with E-state index in [4.69, 9.17) is 0 Å². The molecule has 0 saturated carbocycles. The van der Waals surface area contributed by atoms with E-state index in [9.17, 15) is 0 Å². The molecule has 0 aromatic carbocycles. The van der Waals surface area contributed by atoms with Crippen LogP contribution in [0.15, 0.2) is 17.1 Å². The fourth-order valence-corrected chi connectivity index (χ4v) is 0. The molecule has 0 fully saturated rings. The third-order valence-corrected chi connectivity index (χ3v) is 0.592. The predicted octanol–water partition coefficient (Wildman–Crippen LogP) is 3.32. The van der Waals surface area contributed by atoms with E-state index in [2.05, 4.69) is 4.99 Å². The highest BCUT2D eigenvalue weighted by Crippen LogP contribution is 1.57. The molecular formula is C9H21N. The SMILES string of the molecule is C/C=C/C.CC.CC=NC. The molecule has 1 heteroatoms. The summed E-state index contributed by atoms with van der Waals surface area (Å²) in [6.45, 7) is 9.89. The Balaban J connectivity index is -0.0000000787. The molecule has 0 unspecified atom stereocenters. The van der Waals surface area contributed by atoms with Gasteiger partial charge in [-0.2, -0.15) is 0 Å². The smallest absolute Gasteiger partial charge is 0.0273 e. The standard InChI is InChI=1S/C4H8.C3H7N.C2H6/c2*1-3-4-2;1-2/h3-4H,1-2H3;3H,1-2H3;1-2H3/b4-3+;;. The summed E-state index contributed by atoms with van der Waals surface area (Å²) in [4.78, 5) is 3.61. The van der Waals surface area contributed by atoms with E-state index >= 15 is 0 Å². The first kappa shape index (κ1) is 16.2. The Hall–Kier alpha value is -0.590. The van der Waals surface area contributed by atoms with Gasteiger partial charge < -0.3 is 4.99 Å². The monoisotopic (exact) mass is 143 g/mol. The summed E-state index contributed by atoms with van der Waals surface area (Å²) < 4.78 is 0. The molecule has 0 aliphatic heterocycles. The van der Waals surface area contributed by atoms with Crippen LogP contribution in [0.1, 0.15) is 34.6 Å². The Kier molecular flexibility index (Phi) is 64.3. The van der Waals surface area contributed by atoms with E-state index < -0.39 is 0 Å². The number of rotatable bonds is 0. The first-order valence-electron chi connectivity index (χ1n) is 3.77. The lowest BCUT2D eigenvalue weighted by atomic mass is 10.6. The van der Waals surface area contributed by atoms with Gasteiger partial charge in [-0.15, -0.1) is 0 Å². The van der Waals surface area contributed by atoms with Gasteiger partial charge >= 0.3 is 0 Å². The lowest BCUT2D eigenvalue weighted by molar-refractivity contribution is 1.46. The second-order valence-electron chi connectivity index (χ2n) is 1.18. The van der Waals surface area contributed by atoms with Gasteiger partial charge in [0.15, 0.2) is 0 Å². The van der Waals surface area contributed by atoms with Gasteiger partial charge in [-0.1, -0.05) is 26.0 Å². The minimum absolute atomic E-state index is 1.75. The maximum atomic E-state index is 3.61. The summed E-state index contributed by atoms with van der Waals surface area (Å²) in [5.41, 5.74) is 0. The van der Waals surface area contributed by atoms with Crippen LogP contribution in [0.2, 0.25) is 0 Å². The van der Waals surface area contributed by atoms with Crippen molar-refractivity contribution in [3.05, 3.63) is 12.2 Å². The van der Waals surface area contributed by atoms with Crippen LogP contribution in [-0.2, 0) is 0 Å². The van der Waals surface area contributed by atoms with E-state index in [-0.39, 0.29) is 0 Å². The number of allylic oxidation sites excluding steroid dienone is 2. The molecule has 1 nitrogen and oxygen atoms in total. The van der Waals surface area contributed by atoms with E-state index in [0.29, 0.717) is 0 Å². The summed E-state index contributed by atoms with van der Waals surface area (Å²) >= 11 is 0. The first-order valence-corrected chi connectivity index (χ1v) is 3.77. The molecule has 0 bridgehead atoms. The zero-order valence-corrected chi connectivity index (χ0v) is 8.18. The van der Waals surface area contributed by atoms with Gasteiger partial charge in [0.05, 0.1) is 0 Å². The summed E-state index contributed by atoms with van der Waals surface area (Å²) in [5.74, 6) is 0. The molecule has 62 valence electrons. The highest BCUT2D eigenvalue weighted by Gasteiger charge is 1.34. The molecule has 0 aromatic heterocycles. The Morgan fingerprint density at radius 1 is 0.900 bits per heavy atom. The zero-order valence-electron chi connectivity index (χ0n) is 8.18. The van der Waals surface area contributed by atoms with Gasteiger partial charge in [0.1, 0.15) is 0 Å². The van der Waals surface area contributed by atoms with Crippen molar-refractivity contribution < 1.29 is 0 Å². The van der Waals surface area contributed by atoms with Crippen LogP contribution in [-0.4, -0.2) is 13.3 Å². The summed E-state index contributed by atoms with van der Waals surface area (Å²) in [7, 11) is 1.75. The lowest BCUT2D eigenvalue weighted by Gasteiger charge is -1.53. The molecule has 0 heterocycles. The quantitative estimate of drug-likeness (QED) is 0.364. The highest BCUT2D eigenvalue weighted by molar-refractivity contribution is 5.52. The average molecular weight is 143 g/mol. The van der Waals surface area contributed by atoms with Crippen LogP contribution in [0.5, 0.6) is 0 Å². The van der Waals surface area contributed by atoms with Gasteiger partial charge in [0, 0.05) is 7.05 Å². The zero-order chi connectivity index (χ0) is 8.83. The van der Waals surface area contributed by atoms with Crippen LogP contribution in [0.25, 0.3) is 0 Å². The molecule has 0 aliphatic rings. The summed E-state index contributed by atoms with van der Waals surface area (Å²) in [6, 6.07) is 0. The second kappa shape index (κ2) is 39.7. The second-order valence-corrected chi connectivity index (χ2v) is 1.18.